The molecule has 0 aromatic heterocycles. The van der Waals surface area contributed by atoms with Crippen molar-refractivity contribution in [3.8, 4) is 0 Å². The van der Waals surface area contributed by atoms with Crippen molar-refractivity contribution in [2.45, 2.75) is 88.0 Å². The zero-order valence-corrected chi connectivity index (χ0v) is 21.1. The van der Waals surface area contributed by atoms with Gasteiger partial charge in [-0.1, -0.05) is 26.0 Å². The molecule has 1 amide bonds. The Kier molecular flexibility index (Phi) is 6.08. The standard InChI is InChI=1S/C25H35NO7S/c1-15-9-10-18-16(2)20(30-23-25(18)17(15)13-14-24(3,31-23)32-33-25)11-12-22(27)26-19-7-5-6-8-21(19)34(4,28)29/h5-8,15-18,20,23H,9-14H2,1-4H3,(H,26,27). The van der Waals surface area contributed by atoms with Crippen LogP contribution in [0.4, 0.5) is 5.69 Å². The second-order valence-electron chi connectivity index (χ2n) is 10.8. The topological polar surface area (TPSA) is 100 Å². The predicted octanol–water partition coefficient (Wildman–Crippen LogP) is 4.06. The van der Waals surface area contributed by atoms with Crippen molar-refractivity contribution in [2.75, 3.05) is 11.6 Å². The van der Waals surface area contributed by atoms with Crippen molar-refractivity contribution < 1.29 is 32.5 Å². The number of anilines is 1. The monoisotopic (exact) mass is 493 g/mol. The lowest BCUT2D eigenvalue weighted by Crippen LogP contribution is -2.70. The van der Waals surface area contributed by atoms with E-state index in [1.807, 2.05) is 6.92 Å². The summed E-state index contributed by atoms with van der Waals surface area (Å²) in [6.45, 7) is 6.36. The SMILES string of the molecule is CC1CCC2C(C)C(CCC(=O)Nc3ccccc3S(C)(=O)=O)OC3OC4(C)CCC1C32OO4. The Labute approximate surface area is 201 Å². The third kappa shape index (κ3) is 3.99. The first-order chi connectivity index (χ1) is 16.0. The first-order valence-electron chi connectivity index (χ1n) is 12.3. The average Bonchev–Trinajstić information content (AvgIpc) is 3.01. The van der Waals surface area contributed by atoms with Crippen LogP contribution in [-0.2, 0) is 33.9 Å². The maximum absolute atomic E-state index is 12.8. The minimum atomic E-state index is -3.45. The Hall–Kier alpha value is -1.52. The molecule has 8 unspecified atom stereocenters. The molecule has 4 aliphatic heterocycles. The predicted molar refractivity (Wildman–Crippen MR) is 124 cm³/mol. The van der Waals surface area contributed by atoms with E-state index in [1.54, 1.807) is 18.2 Å². The second-order valence-corrected chi connectivity index (χ2v) is 12.8. The maximum atomic E-state index is 12.8. The number of fused-ring (bicyclic) bond motifs is 2. The minimum absolute atomic E-state index is 0.114. The van der Waals surface area contributed by atoms with Gasteiger partial charge < -0.3 is 14.8 Å². The highest BCUT2D eigenvalue weighted by Gasteiger charge is 2.69. The first-order valence-corrected chi connectivity index (χ1v) is 14.2. The van der Waals surface area contributed by atoms with Gasteiger partial charge in [-0.05, 0) is 62.5 Å². The molecule has 6 rings (SSSR count). The number of amides is 1. The molecule has 0 radical (unpaired) electrons. The average molecular weight is 494 g/mol. The van der Waals surface area contributed by atoms with Crippen LogP contribution in [0.3, 0.4) is 0 Å². The van der Waals surface area contributed by atoms with E-state index in [-0.39, 0.29) is 35.2 Å². The molecule has 34 heavy (non-hydrogen) atoms. The van der Waals surface area contributed by atoms with Gasteiger partial charge in [0.05, 0.1) is 16.7 Å². The molecule has 4 heterocycles. The van der Waals surface area contributed by atoms with Crippen molar-refractivity contribution >= 4 is 21.4 Å². The minimum Gasteiger partial charge on any atom is -0.346 e. The largest absolute Gasteiger partial charge is 0.346 e. The van der Waals surface area contributed by atoms with E-state index < -0.39 is 27.5 Å². The summed E-state index contributed by atoms with van der Waals surface area (Å²) in [7, 11) is -3.45. The molecule has 5 aliphatic rings. The lowest BCUT2D eigenvalue weighted by atomic mass is 9.57. The molecule has 188 valence electrons. The van der Waals surface area contributed by atoms with Crippen LogP contribution in [0.25, 0.3) is 0 Å². The van der Waals surface area contributed by atoms with E-state index in [2.05, 4.69) is 19.2 Å². The van der Waals surface area contributed by atoms with Gasteiger partial charge in [-0.15, -0.1) is 0 Å². The number of carbonyl (C=O) groups excluding carboxylic acids is 1. The fraction of sp³-hybridized carbons (Fsp3) is 0.720. The molecule has 5 fully saturated rings. The van der Waals surface area contributed by atoms with Crippen LogP contribution in [0.1, 0.15) is 59.3 Å². The molecule has 4 saturated heterocycles. The van der Waals surface area contributed by atoms with Gasteiger partial charge in [0.25, 0.3) is 0 Å². The number of carbonyl (C=O) groups is 1. The van der Waals surface area contributed by atoms with Crippen LogP contribution >= 0.6 is 0 Å². The molecule has 1 spiro atoms. The zero-order valence-electron chi connectivity index (χ0n) is 20.3. The van der Waals surface area contributed by atoms with Gasteiger partial charge in [0.2, 0.25) is 11.7 Å². The highest BCUT2D eigenvalue weighted by Crippen LogP contribution is 2.60. The van der Waals surface area contributed by atoms with E-state index in [0.29, 0.717) is 23.9 Å². The number of ether oxygens (including phenoxy) is 2. The molecule has 1 aliphatic carbocycles. The molecule has 9 heteroatoms. The summed E-state index contributed by atoms with van der Waals surface area (Å²) in [6, 6.07) is 6.45. The van der Waals surface area contributed by atoms with Gasteiger partial charge >= 0.3 is 0 Å². The smallest absolute Gasteiger partial charge is 0.224 e. The van der Waals surface area contributed by atoms with Crippen LogP contribution in [0, 0.1) is 23.7 Å². The third-order valence-electron chi connectivity index (χ3n) is 8.51. The first kappa shape index (κ1) is 24.2. The van der Waals surface area contributed by atoms with E-state index in [4.69, 9.17) is 19.2 Å². The van der Waals surface area contributed by atoms with Crippen LogP contribution in [0.2, 0.25) is 0 Å². The van der Waals surface area contributed by atoms with Crippen LogP contribution in [0.5, 0.6) is 0 Å². The molecular formula is C25H35NO7S. The van der Waals surface area contributed by atoms with Gasteiger partial charge in [-0.3, -0.25) is 4.79 Å². The number of nitrogens with one attached hydrogen (secondary N) is 1. The van der Waals surface area contributed by atoms with Crippen molar-refractivity contribution in [2.24, 2.45) is 23.7 Å². The molecule has 1 N–H and O–H groups in total. The Morgan fingerprint density at radius 3 is 2.65 bits per heavy atom. The van der Waals surface area contributed by atoms with Crippen molar-refractivity contribution in [1.82, 2.24) is 0 Å². The Bertz CT molecular complexity index is 1060. The van der Waals surface area contributed by atoms with Crippen molar-refractivity contribution in [1.29, 1.82) is 0 Å². The third-order valence-corrected chi connectivity index (χ3v) is 9.67. The molecular weight excluding hydrogens is 458 g/mol. The van der Waals surface area contributed by atoms with E-state index >= 15 is 0 Å². The van der Waals surface area contributed by atoms with Gasteiger partial charge in [0, 0.05) is 25.0 Å². The Morgan fingerprint density at radius 2 is 1.88 bits per heavy atom. The number of hydrogen-bond donors (Lipinski definition) is 1. The van der Waals surface area contributed by atoms with Crippen LogP contribution < -0.4 is 5.32 Å². The van der Waals surface area contributed by atoms with Crippen molar-refractivity contribution in [3.63, 3.8) is 0 Å². The lowest BCUT2D eigenvalue weighted by molar-refractivity contribution is -0.571. The van der Waals surface area contributed by atoms with Gasteiger partial charge in [0.1, 0.15) is 0 Å². The summed E-state index contributed by atoms with van der Waals surface area (Å²) < 4.78 is 37.0. The summed E-state index contributed by atoms with van der Waals surface area (Å²) in [6.07, 6.45) is 5.04. The van der Waals surface area contributed by atoms with Crippen molar-refractivity contribution in [3.05, 3.63) is 24.3 Å². The summed E-state index contributed by atoms with van der Waals surface area (Å²) in [4.78, 5) is 24.9. The number of para-hydroxylation sites is 1. The van der Waals surface area contributed by atoms with Gasteiger partial charge in [-0.25, -0.2) is 18.2 Å². The molecule has 8 atom stereocenters. The molecule has 1 aromatic rings. The van der Waals surface area contributed by atoms with Gasteiger partial charge in [0.15, 0.2) is 21.7 Å². The molecule has 1 saturated carbocycles. The van der Waals surface area contributed by atoms with E-state index in [1.165, 1.54) is 6.07 Å². The Morgan fingerprint density at radius 1 is 1.12 bits per heavy atom. The quantitative estimate of drug-likeness (QED) is 0.618. The number of hydrogen-bond acceptors (Lipinski definition) is 7. The number of rotatable bonds is 5. The van der Waals surface area contributed by atoms with Gasteiger partial charge in [-0.2, -0.15) is 0 Å². The van der Waals surface area contributed by atoms with Crippen LogP contribution in [0.15, 0.2) is 29.2 Å². The highest BCUT2D eigenvalue weighted by molar-refractivity contribution is 7.90. The molecule has 2 bridgehead atoms. The summed E-state index contributed by atoms with van der Waals surface area (Å²) in [5.41, 5.74) is -0.307. The lowest BCUT2D eigenvalue weighted by Gasteiger charge is -2.60. The number of sulfone groups is 1. The number of benzene rings is 1. The second kappa shape index (κ2) is 8.55. The van der Waals surface area contributed by atoms with E-state index in [9.17, 15) is 13.2 Å². The Balaban J connectivity index is 1.31. The summed E-state index contributed by atoms with van der Waals surface area (Å²) >= 11 is 0. The summed E-state index contributed by atoms with van der Waals surface area (Å²) in [5.74, 6) is 0.123. The zero-order chi connectivity index (χ0) is 24.3. The maximum Gasteiger partial charge on any atom is 0.224 e. The molecule has 1 aromatic carbocycles. The normalized spacial score (nSPS) is 41.4. The van der Waals surface area contributed by atoms with E-state index in [0.717, 1.165) is 31.9 Å². The molecule has 8 nitrogen and oxygen atoms in total. The van der Waals surface area contributed by atoms with Crippen LogP contribution in [-0.4, -0.2) is 44.4 Å². The summed E-state index contributed by atoms with van der Waals surface area (Å²) in [5, 5.41) is 2.77. The fourth-order valence-corrected chi connectivity index (χ4v) is 7.53. The highest BCUT2D eigenvalue weighted by atomic mass is 32.2. The fourth-order valence-electron chi connectivity index (χ4n) is 6.69.